The van der Waals surface area contributed by atoms with Crippen LogP contribution in [-0.2, 0) is 0 Å². The topological polar surface area (TPSA) is 76.7 Å². The molecule has 0 saturated carbocycles. The molecule has 0 unspecified atom stereocenters. The molecule has 0 spiro atoms. The number of anilines is 1. The maximum absolute atomic E-state index is 12.3. The molecule has 0 aromatic heterocycles. The van der Waals surface area contributed by atoms with Crippen molar-refractivity contribution in [1.29, 1.82) is 0 Å². The summed E-state index contributed by atoms with van der Waals surface area (Å²) in [5.74, 6) is 0.773. The maximum atomic E-state index is 12.3. The van der Waals surface area contributed by atoms with Gasteiger partial charge < -0.3 is 20.1 Å². The summed E-state index contributed by atoms with van der Waals surface area (Å²) in [6.07, 6.45) is 1.60. The van der Waals surface area contributed by atoms with Crippen LogP contribution in [0.4, 0.5) is 5.69 Å². The second-order valence-electron chi connectivity index (χ2n) is 5.10. The molecule has 24 heavy (non-hydrogen) atoms. The van der Waals surface area contributed by atoms with Gasteiger partial charge in [-0.3, -0.25) is 9.59 Å². The van der Waals surface area contributed by atoms with Crippen LogP contribution in [0.2, 0.25) is 0 Å². The Hall–Kier alpha value is -3.28. The van der Waals surface area contributed by atoms with Crippen LogP contribution in [0, 0.1) is 0 Å². The van der Waals surface area contributed by atoms with Gasteiger partial charge in [0.15, 0.2) is 11.5 Å². The number of ether oxygens (including phenoxy) is 2. The van der Waals surface area contributed by atoms with E-state index in [1.54, 1.807) is 48.5 Å². The van der Waals surface area contributed by atoms with Crippen molar-refractivity contribution >= 4 is 17.5 Å². The number of benzene rings is 2. The Balaban J connectivity index is 1.67. The predicted octanol–water partition coefficient (Wildman–Crippen LogP) is 2.58. The number of carbonyl (C=O) groups is 2. The van der Waals surface area contributed by atoms with Crippen molar-refractivity contribution in [2.45, 2.75) is 0 Å². The lowest BCUT2D eigenvalue weighted by molar-refractivity contribution is 0.0956. The molecule has 0 saturated heterocycles. The van der Waals surface area contributed by atoms with E-state index in [2.05, 4.69) is 17.2 Å². The minimum absolute atomic E-state index is 0.183. The Morgan fingerprint density at radius 2 is 1.67 bits per heavy atom. The van der Waals surface area contributed by atoms with Gasteiger partial charge in [0.2, 0.25) is 6.79 Å². The smallest absolute Gasteiger partial charge is 0.255 e. The summed E-state index contributed by atoms with van der Waals surface area (Å²) in [5, 5.41) is 5.46. The van der Waals surface area contributed by atoms with Crippen molar-refractivity contribution in [1.82, 2.24) is 5.32 Å². The Morgan fingerprint density at radius 3 is 2.38 bits per heavy atom. The van der Waals surface area contributed by atoms with Crippen molar-refractivity contribution in [2.24, 2.45) is 0 Å². The lowest BCUT2D eigenvalue weighted by Gasteiger charge is -2.07. The van der Waals surface area contributed by atoms with Crippen LogP contribution in [0.15, 0.2) is 55.1 Å². The summed E-state index contributed by atoms with van der Waals surface area (Å²) in [6, 6.07) is 11.6. The van der Waals surface area contributed by atoms with E-state index in [1.165, 1.54) is 0 Å². The zero-order chi connectivity index (χ0) is 16.9. The molecule has 1 aliphatic heterocycles. The molecule has 2 N–H and O–H groups in total. The van der Waals surface area contributed by atoms with Crippen molar-refractivity contribution in [2.75, 3.05) is 18.7 Å². The normalized spacial score (nSPS) is 11.7. The second kappa shape index (κ2) is 6.87. The van der Waals surface area contributed by atoms with Crippen molar-refractivity contribution in [3.63, 3.8) is 0 Å². The quantitative estimate of drug-likeness (QED) is 0.829. The van der Waals surface area contributed by atoms with Crippen molar-refractivity contribution in [3.8, 4) is 11.5 Å². The third-order valence-electron chi connectivity index (χ3n) is 3.45. The largest absolute Gasteiger partial charge is 0.454 e. The van der Waals surface area contributed by atoms with E-state index in [4.69, 9.17) is 9.47 Å². The molecule has 2 aromatic rings. The molecule has 1 aliphatic rings. The van der Waals surface area contributed by atoms with Gasteiger partial charge in [-0.15, -0.1) is 6.58 Å². The molecule has 0 fully saturated rings. The number of rotatable bonds is 5. The first kappa shape index (κ1) is 15.6. The molecule has 2 aromatic carbocycles. The Bertz CT molecular complexity index is 784. The second-order valence-corrected chi connectivity index (χ2v) is 5.10. The van der Waals surface area contributed by atoms with Crippen LogP contribution in [0.5, 0.6) is 11.5 Å². The summed E-state index contributed by atoms with van der Waals surface area (Å²) < 4.78 is 10.5. The van der Waals surface area contributed by atoms with Crippen LogP contribution >= 0.6 is 0 Å². The molecule has 6 heteroatoms. The third-order valence-corrected chi connectivity index (χ3v) is 3.45. The molecule has 0 bridgehead atoms. The van der Waals surface area contributed by atoms with Gasteiger partial charge in [-0.05, 0) is 36.4 Å². The molecule has 1 heterocycles. The van der Waals surface area contributed by atoms with E-state index in [0.29, 0.717) is 34.9 Å². The van der Waals surface area contributed by atoms with Crippen LogP contribution in [0.25, 0.3) is 0 Å². The number of amides is 2. The SMILES string of the molecule is C=CCNC(=O)c1ccc(C(=O)Nc2ccc3c(c2)OCO3)cc1. The molecular weight excluding hydrogens is 308 g/mol. The van der Waals surface area contributed by atoms with Gasteiger partial charge in [0, 0.05) is 29.4 Å². The van der Waals surface area contributed by atoms with Gasteiger partial charge in [0.1, 0.15) is 0 Å². The van der Waals surface area contributed by atoms with Crippen molar-refractivity contribution < 1.29 is 19.1 Å². The molecule has 0 aliphatic carbocycles. The minimum atomic E-state index is -0.271. The highest BCUT2D eigenvalue weighted by atomic mass is 16.7. The first-order chi connectivity index (χ1) is 11.7. The van der Waals surface area contributed by atoms with Gasteiger partial charge in [-0.25, -0.2) is 0 Å². The van der Waals surface area contributed by atoms with Gasteiger partial charge in [-0.2, -0.15) is 0 Å². The third kappa shape index (κ3) is 3.38. The Morgan fingerprint density at radius 1 is 1.00 bits per heavy atom. The summed E-state index contributed by atoms with van der Waals surface area (Å²) in [6.45, 7) is 4.12. The first-order valence-electron chi connectivity index (χ1n) is 7.37. The number of hydrogen-bond donors (Lipinski definition) is 2. The van der Waals surface area contributed by atoms with Crippen LogP contribution < -0.4 is 20.1 Å². The van der Waals surface area contributed by atoms with Crippen LogP contribution in [0.3, 0.4) is 0 Å². The molecule has 2 amide bonds. The molecule has 3 rings (SSSR count). The number of fused-ring (bicyclic) bond motifs is 1. The maximum Gasteiger partial charge on any atom is 0.255 e. The fourth-order valence-electron chi connectivity index (χ4n) is 2.22. The average Bonchev–Trinajstić information content (AvgIpc) is 3.07. The number of hydrogen-bond acceptors (Lipinski definition) is 4. The minimum Gasteiger partial charge on any atom is -0.454 e. The number of nitrogens with one attached hydrogen (secondary N) is 2. The zero-order valence-corrected chi connectivity index (χ0v) is 12.9. The zero-order valence-electron chi connectivity index (χ0n) is 12.9. The van der Waals surface area contributed by atoms with E-state index in [9.17, 15) is 9.59 Å². The lowest BCUT2D eigenvalue weighted by atomic mass is 10.1. The summed E-state index contributed by atoms with van der Waals surface area (Å²) in [4.78, 5) is 24.1. The van der Waals surface area contributed by atoms with Crippen molar-refractivity contribution in [3.05, 3.63) is 66.2 Å². The summed E-state index contributed by atoms with van der Waals surface area (Å²) >= 11 is 0. The number of carbonyl (C=O) groups excluding carboxylic acids is 2. The summed E-state index contributed by atoms with van der Waals surface area (Å²) in [5.41, 5.74) is 1.54. The molecule has 0 atom stereocenters. The highest BCUT2D eigenvalue weighted by molar-refractivity contribution is 6.05. The molecular formula is C18H16N2O4. The lowest BCUT2D eigenvalue weighted by Crippen LogP contribution is -2.23. The van der Waals surface area contributed by atoms with E-state index < -0.39 is 0 Å². The fourth-order valence-corrected chi connectivity index (χ4v) is 2.22. The van der Waals surface area contributed by atoms with Crippen LogP contribution in [-0.4, -0.2) is 25.2 Å². The molecule has 122 valence electrons. The van der Waals surface area contributed by atoms with E-state index in [0.717, 1.165) is 0 Å². The van der Waals surface area contributed by atoms with Gasteiger partial charge in [0.05, 0.1) is 0 Å². The first-order valence-corrected chi connectivity index (χ1v) is 7.37. The molecule has 0 radical (unpaired) electrons. The Kier molecular flexibility index (Phi) is 4.47. The summed E-state index contributed by atoms with van der Waals surface area (Å²) in [7, 11) is 0. The predicted molar refractivity (Wildman–Crippen MR) is 89.5 cm³/mol. The van der Waals surface area contributed by atoms with Crippen LogP contribution in [0.1, 0.15) is 20.7 Å². The fraction of sp³-hybridized carbons (Fsp3) is 0.111. The highest BCUT2D eigenvalue weighted by Crippen LogP contribution is 2.34. The standard InChI is InChI=1S/C18H16N2O4/c1-2-9-19-17(21)12-3-5-13(6-4-12)18(22)20-14-7-8-15-16(10-14)24-11-23-15/h2-8,10H,1,9,11H2,(H,19,21)(H,20,22). The highest BCUT2D eigenvalue weighted by Gasteiger charge is 2.15. The van der Waals surface area contributed by atoms with E-state index >= 15 is 0 Å². The van der Waals surface area contributed by atoms with E-state index in [1.807, 2.05) is 0 Å². The van der Waals surface area contributed by atoms with Gasteiger partial charge in [0.25, 0.3) is 11.8 Å². The molecule has 6 nitrogen and oxygen atoms in total. The Labute approximate surface area is 139 Å². The average molecular weight is 324 g/mol. The van der Waals surface area contributed by atoms with E-state index in [-0.39, 0.29) is 18.6 Å². The van der Waals surface area contributed by atoms with Gasteiger partial charge >= 0.3 is 0 Å². The van der Waals surface area contributed by atoms with Gasteiger partial charge in [-0.1, -0.05) is 6.08 Å². The monoisotopic (exact) mass is 324 g/mol.